The number of unbranched alkanes of at least 4 members (excludes halogenated alkanes) is 2. The highest BCUT2D eigenvalue weighted by Crippen LogP contribution is 2.09. The zero-order chi connectivity index (χ0) is 12.7. The van der Waals surface area contributed by atoms with Crippen LogP contribution in [0.25, 0.3) is 0 Å². The predicted molar refractivity (Wildman–Crippen MR) is 64.0 cm³/mol. The molecule has 96 valence electrons. The van der Waals surface area contributed by atoms with E-state index in [0.29, 0.717) is 12.3 Å². The summed E-state index contributed by atoms with van der Waals surface area (Å²) in [6.07, 6.45) is 3.57. The molecular weight excluding hydrogens is 267 g/mol. The van der Waals surface area contributed by atoms with Crippen molar-refractivity contribution in [3.63, 3.8) is 0 Å². The van der Waals surface area contributed by atoms with Gasteiger partial charge in [0.2, 0.25) is 5.03 Å². The number of alkyl halides is 1. The molecule has 0 atom stereocenters. The summed E-state index contributed by atoms with van der Waals surface area (Å²) in [7, 11) is -3.85. The molecule has 0 aliphatic carbocycles. The maximum absolute atomic E-state index is 13.2. The van der Waals surface area contributed by atoms with E-state index in [2.05, 4.69) is 9.71 Å². The summed E-state index contributed by atoms with van der Waals surface area (Å²) in [5.74, 6) is -0.289. The predicted octanol–water partition coefficient (Wildman–Crippen LogP) is 1.91. The molecule has 1 heterocycles. The Balaban J connectivity index is 2.55. The highest BCUT2D eigenvalue weighted by Gasteiger charge is 2.19. The maximum atomic E-state index is 13.2. The molecule has 0 fully saturated rings. The Morgan fingerprint density at radius 1 is 1.35 bits per heavy atom. The van der Waals surface area contributed by atoms with Gasteiger partial charge in [-0.15, -0.1) is 11.6 Å². The number of rotatable bonds is 7. The van der Waals surface area contributed by atoms with Crippen molar-refractivity contribution in [3.8, 4) is 0 Å². The van der Waals surface area contributed by atoms with Crippen LogP contribution in [-0.2, 0) is 10.0 Å². The van der Waals surface area contributed by atoms with E-state index >= 15 is 0 Å². The molecule has 0 aliphatic rings. The summed E-state index contributed by atoms with van der Waals surface area (Å²) in [6.45, 7) is 0.259. The van der Waals surface area contributed by atoms with Crippen molar-refractivity contribution < 1.29 is 12.8 Å². The number of halogens is 2. The normalized spacial score (nSPS) is 11.6. The second-order valence-corrected chi connectivity index (χ2v) is 5.50. The molecule has 1 aromatic rings. The Morgan fingerprint density at radius 2 is 2.12 bits per heavy atom. The molecule has 0 saturated heterocycles. The maximum Gasteiger partial charge on any atom is 0.261 e. The SMILES string of the molecule is O=S(=O)(NCCCCCCl)c1ncccc1F. The number of aromatic nitrogens is 1. The van der Waals surface area contributed by atoms with Gasteiger partial charge in [-0.1, -0.05) is 6.42 Å². The van der Waals surface area contributed by atoms with E-state index in [1.165, 1.54) is 12.3 Å². The van der Waals surface area contributed by atoms with Gasteiger partial charge in [0.15, 0.2) is 5.82 Å². The van der Waals surface area contributed by atoms with Gasteiger partial charge in [-0.05, 0) is 25.0 Å². The average molecular weight is 281 g/mol. The molecule has 0 saturated carbocycles. The van der Waals surface area contributed by atoms with Gasteiger partial charge in [0.25, 0.3) is 10.0 Å². The molecule has 17 heavy (non-hydrogen) atoms. The van der Waals surface area contributed by atoms with Gasteiger partial charge in [0.1, 0.15) is 0 Å². The van der Waals surface area contributed by atoms with Crippen molar-refractivity contribution in [2.75, 3.05) is 12.4 Å². The van der Waals surface area contributed by atoms with Crippen LogP contribution in [0.5, 0.6) is 0 Å². The first kappa shape index (κ1) is 14.3. The van der Waals surface area contributed by atoms with E-state index in [1.54, 1.807) is 0 Å². The van der Waals surface area contributed by atoms with Crippen LogP contribution < -0.4 is 4.72 Å². The van der Waals surface area contributed by atoms with Gasteiger partial charge in [0, 0.05) is 18.6 Å². The molecule has 0 bridgehead atoms. The van der Waals surface area contributed by atoms with Crippen molar-refractivity contribution in [2.45, 2.75) is 24.3 Å². The van der Waals surface area contributed by atoms with E-state index in [4.69, 9.17) is 11.6 Å². The minimum atomic E-state index is -3.85. The zero-order valence-corrected chi connectivity index (χ0v) is 10.8. The lowest BCUT2D eigenvalue weighted by Gasteiger charge is -2.06. The molecule has 1 rings (SSSR count). The Bertz CT molecular complexity index is 453. The Kier molecular flexibility index (Phi) is 5.80. The van der Waals surface area contributed by atoms with Crippen LogP contribution in [0.4, 0.5) is 4.39 Å². The van der Waals surface area contributed by atoms with Gasteiger partial charge in [-0.25, -0.2) is 22.5 Å². The second-order valence-electron chi connectivity index (χ2n) is 3.44. The van der Waals surface area contributed by atoms with Crippen molar-refractivity contribution in [1.29, 1.82) is 0 Å². The largest absolute Gasteiger partial charge is 0.261 e. The van der Waals surface area contributed by atoms with E-state index in [1.807, 2.05) is 0 Å². The summed E-state index contributed by atoms with van der Waals surface area (Å²) in [6, 6.07) is 2.41. The smallest absolute Gasteiger partial charge is 0.241 e. The van der Waals surface area contributed by atoms with Gasteiger partial charge in [-0.3, -0.25) is 0 Å². The van der Waals surface area contributed by atoms with Crippen molar-refractivity contribution in [1.82, 2.24) is 9.71 Å². The van der Waals surface area contributed by atoms with Crippen molar-refractivity contribution >= 4 is 21.6 Å². The first-order valence-electron chi connectivity index (χ1n) is 5.24. The van der Waals surface area contributed by atoms with Gasteiger partial charge in [-0.2, -0.15) is 0 Å². The van der Waals surface area contributed by atoms with Crippen molar-refractivity contribution in [2.24, 2.45) is 0 Å². The lowest BCUT2D eigenvalue weighted by Crippen LogP contribution is -2.26. The second kappa shape index (κ2) is 6.88. The number of pyridine rings is 1. The van der Waals surface area contributed by atoms with Gasteiger partial charge >= 0.3 is 0 Å². The lowest BCUT2D eigenvalue weighted by atomic mass is 10.2. The van der Waals surface area contributed by atoms with Gasteiger partial charge < -0.3 is 0 Å². The van der Waals surface area contributed by atoms with Crippen LogP contribution in [0.2, 0.25) is 0 Å². The topological polar surface area (TPSA) is 59.1 Å². The molecule has 1 N–H and O–H groups in total. The van der Waals surface area contributed by atoms with Crippen LogP contribution in [0.3, 0.4) is 0 Å². The highest BCUT2D eigenvalue weighted by molar-refractivity contribution is 7.89. The summed E-state index contributed by atoms with van der Waals surface area (Å²) in [5, 5.41) is -0.558. The van der Waals surface area contributed by atoms with Crippen LogP contribution in [-0.4, -0.2) is 25.8 Å². The molecule has 0 spiro atoms. The Labute approximate surface area is 105 Å². The molecule has 0 aromatic carbocycles. The summed E-state index contributed by atoms with van der Waals surface area (Å²) >= 11 is 5.49. The number of hydrogen-bond donors (Lipinski definition) is 1. The Hall–Kier alpha value is -0.720. The fraction of sp³-hybridized carbons (Fsp3) is 0.500. The molecular formula is C10H14ClFN2O2S. The monoisotopic (exact) mass is 280 g/mol. The summed E-state index contributed by atoms with van der Waals surface area (Å²) < 4.78 is 38.8. The first-order chi connectivity index (χ1) is 8.08. The van der Waals surface area contributed by atoms with E-state index in [-0.39, 0.29) is 6.54 Å². The number of sulfonamides is 1. The van der Waals surface area contributed by atoms with Gasteiger partial charge in [0.05, 0.1) is 0 Å². The third kappa shape index (κ3) is 4.57. The minimum Gasteiger partial charge on any atom is -0.241 e. The number of nitrogens with zero attached hydrogens (tertiary/aromatic N) is 1. The lowest BCUT2D eigenvalue weighted by molar-refractivity contribution is 0.542. The molecule has 0 aliphatic heterocycles. The fourth-order valence-electron chi connectivity index (χ4n) is 1.24. The van der Waals surface area contributed by atoms with Crippen molar-refractivity contribution in [3.05, 3.63) is 24.1 Å². The molecule has 0 amide bonds. The number of nitrogens with one attached hydrogen (secondary N) is 1. The third-order valence-corrected chi connectivity index (χ3v) is 3.74. The average Bonchev–Trinajstić information content (AvgIpc) is 2.29. The minimum absolute atomic E-state index is 0.259. The highest BCUT2D eigenvalue weighted by atomic mass is 35.5. The molecule has 0 radical (unpaired) electrons. The van der Waals surface area contributed by atoms with Crippen LogP contribution in [0, 0.1) is 5.82 Å². The summed E-state index contributed by atoms with van der Waals surface area (Å²) in [5.41, 5.74) is 0. The first-order valence-corrected chi connectivity index (χ1v) is 7.26. The van der Waals surface area contributed by atoms with Crippen LogP contribution >= 0.6 is 11.6 Å². The number of hydrogen-bond acceptors (Lipinski definition) is 3. The van der Waals surface area contributed by atoms with E-state index in [9.17, 15) is 12.8 Å². The quantitative estimate of drug-likeness (QED) is 0.613. The van der Waals surface area contributed by atoms with E-state index in [0.717, 1.165) is 18.9 Å². The standard InChI is InChI=1S/C10H14ClFN2O2S/c11-6-2-1-3-8-14-17(15,16)10-9(12)5-4-7-13-10/h4-5,7,14H,1-3,6,8H2. The molecule has 4 nitrogen and oxygen atoms in total. The van der Waals surface area contributed by atoms with Crippen LogP contribution in [0.1, 0.15) is 19.3 Å². The third-order valence-electron chi connectivity index (χ3n) is 2.08. The fourth-order valence-corrected chi connectivity index (χ4v) is 2.50. The molecule has 0 unspecified atom stereocenters. The van der Waals surface area contributed by atoms with Crippen LogP contribution in [0.15, 0.2) is 23.4 Å². The Morgan fingerprint density at radius 3 is 2.76 bits per heavy atom. The van der Waals surface area contributed by atoms with E-state index < -0.39 is 20.9 Å². The molecule has 7 heteroatoms. The molecule has 1 aromatic heterocycles. The zero-order valence-electron chi connectivity index (χ0n) is 9.20. The summed E-state index contributed by atoms with van der Waals surface area (Å²) in [4.78, 5) is 3.52.